The zero-order chi connectivity index (χ0) is 13.7. The normalized spacial score (nSPS) is 18.2. The molecule has 1 N–H and O–H groups in total. The van der Waals surface area contributed by atoms with Crippen LogP contribution in [-0.2, 0) is 14.3 Å². The third-order valence-corrected chi connectivity index (χ3v) is 3.09. The Balaban J connectivity index is 2.13. The standard InChI is InChI=1S/C14H17NO4/c16-13(17)8-9-15(11-5-2-1-3-6-11)14(18)12-7-4-10-19-12/h1-3,5-6,12H,4,7-10H2,(H,16,17)/t12-/m0/s1. The third-order valence-electron chi connectivity index (χ3n) is 3.09. The lowest BCUT2D eigenvalue weighted by Gasteiger charge is -2.24. The number of nitrogens with zero attached hydrogens (tertiary/aromatic N) is 1. The lowest BCUT2D eigenvalue weighted by molar-refractivity contribution is -0.136. The number of aliphatic carboxylic acids is 1. The van der Waals surface area contributed by atoms with Crippen LogP contribution in [-0.4, -0.2) is 36.2 Å². The first-order chi connectivity index (χ1) is 9.18. The van der Waals surface area contributed by atoms with Gasteiger partial charge in [-0.1, -0.05) is 18.2 Å². The van der Waals surface area contributed by atoms with E-state index in [0.717, 1.165) is 6.42 Å². The first-order valence-corrected chi connectivity index (χ1v) is 6.38. The fraction of sp³-hybridized carbons (Fsp3) is 0.429. The molecule has 1 aromatic rings. The van der Waals surface area contributed by atoms with Crippen molar-refractivity contribution in [2.75, 3.05) is 18.1 Å². The minimum absolute atomic E-state index is 0.0760. The van der Waals surface area contributed by atoms with Gasteiger partial charge in [0.25, 0.3) is 5.91 Å². The summed E-state index contributed by atoms with van der Waals surface area (Å²) in [6.45, 7) is 0.760. The van der Waals surface area contributed by atoms with E-state index in [1.807, 2.05) is 18.2 Å². The van der Waals surface area contributed by atoms with E-state index in [4.69, 9.17) is 9.84 Å². The number of benzene rings is 1. The molecule has 0 aromatic heterocycles. The van der Waals surface area contributed by atoms with Crippen LogP contribution in [0.25, 0.3) is 0 Å². The molecule has 1 amide bonds. The fourth-order valence-electron chi connectivity index (χ4n) is 2.13. The van der Waals surface area contributed by atoms with E-state index in [1.54, 1.807) is 12.1 Å². The van der Waals surface area contributed by atoms with Crippen LogP contribution in [0.4, 0.5) is 5.69 Å². The predicted molar refractivity (Wildman–Crippen MR) is 70.0 cm³/mol. The molecule has 1 aliphatic heterocycles. The number of amides is 1. The van der Waals surface area contributed by atoms with Gasteiger partial charge >= 0.3 is 5.97 Å². The summed E-state index contributed by atoms with van der Waals surface area (Å²) < 4.78 is 5.39. The minimum Gasteiger partial charge on any atom is -0.481 e. The van der Waals surface area contributed by atoms with Crippen LogP contribution in [0.5, 0.6) is 0 Å². The maximum absolute atomic E-state index is 12.4. The molecule has 2 rings (SSSR count). The van der Waals surface area contributed by atoms with Gasteiger partial charge in [0.2, 0.25) is 0 Å². The number of carbonyl (C=O) groups is 2. The molecule has 1 atom stereocenters. The third kappa shape index (κ3) is 3.54. The van der Waals surface area contributed by atoms with Gasteiger partial charge in [-0.05, 0) is 25.0 Å². The number of hydrogen-bond acceptors (Lipinski definition) is 3. The topological polar surface area (TPSA) is 66.8 Å². The Labute approximate surface area is 111 Å². The molecule has 1 saturated heterocycles. The summed E-state index contributed by atoms with van der Waals surface area (Å²) in [4.78, 5) is 24.6. The number of para-hydroxylation sites is 1. The number of anilines is 1. The van der Waals surface area contributed by atoms with Crippen molar-refractivity contribution >= 4 is 17.6 Å². The maximum atomic E-state index is 12.4. The highest BCUT2D eigenvalue weighted by molar-refractivity contribution is 5.97. The fourth-order valence-corrected chi connectivity index (χ4v) is 2.13. The van der Waals surface area contributed by atoms with E-state index in [1.165, 1.54) is 4.90 Å². The Bertz CT molecular complexity index is 440. The summed E-state index contributed by atoms with van der Waals surface area (Å²) in [5, 5.41) is 8.79. The van der Waals surface area contributed by atoms with Crippen molar-refractivity contribution in [1.29, 1.82) is 0 Å². The molecule has 0 bridgehead atoms. The van der Waals surface area contributed by atoms with Gasteiger partial charge in [0.15, 0.2) is 0 Å². The number of carbonyl (C=O) groups excluding carboxylic acids is 1. The van der Waals surface area contributed by atoms with Crippen LogP contribution < -0.4 is 4.90 Å². The second kappa shape index (κ2) is 6.33. The van der Waals surface area contributed by atoms with Gasteiger partial charge in [-0.25, -0.2) is 0 Å². The number of carboxylic acids is 1. The molecular formula is C14H17NO4. The van der Waals surface area contributed by atoms with Gasteiger partial charge in [-0.15, -0.1) is 0 Å². The van der Waals surface area contributed by atoms with Crippen LogP contribution in [0.1, 0.15) is 19.3 Å². The zero-order valence-electron chi connectivity index (χ0n) is 10.6. The van der Waals surface area contributed by atoms with Crippen LogP contribution in [0.15, 0.2) is 30.3 Å². The smallest absolute Gasteiger partial charge is 0.305 e. The van der Waals surface area contributed by atoms with E-state index >= 15 is 0 Å². The molecule has 19 heavy (non-hydrogen) atoms. The maximum Gasteiger partial charge on any atom is 0.305 e. The van der Waals surface area contributed by atoms with E-state index in [9.17, 15) is 9.59 Å². The molecule has 1 fully saturated rings. The first-order valence-electron chi connectivity index (χ1n) is 6.38. The van der Waals surface area contributed by atoms with Crippen molar-refractivity contribution in [2.45, 2.75) is 25.4 Å². The SMILES string of the molecule is O=C(O)CCN(C(=O)[C@@H]1CCCO1)c1ccccc1. The second-order valence-corrected chi connectivity index (χ2v) is 4.47. The predicted octanol–water partition coefficient (Wildman–Crippen LogP) is 1.67. The minimum atomic E-state index is -0.916. The molecule has 5 heteroatoms. The average Bonchev–Trinajstić information content (AvgIpc) is 2.93. The van der Waals surface area contributed by atoms with Crippen LogP contribution >= 0.6 is 0 Å². The van der Waals surface area contributed by atoms with Gasteiger partial charge in [0, 0.05) is 18.8 Å². The molecule has 0 spiro atoms. The Morgan fingerprint density at radius 1 is 1.32 bits per heavy atom. The van der Waals surface area contributed by atoms with Crippen molar-refractivity contribution in [3.63, 3.8) is 0 Å². The van der Waals surface area contributed by atoms with E-state index in [2.05, 4.69) is 0 Å². The molecule has 0 radical (unpaired) electrons. The molecule has 0 unspecified atom stereocenters. The van der Waals surface area contributed by atoms with Gasteiger partial charge in [0.1, 0.15) is 6.10 Å². The van der Waals surface area contributed by atoms with Crippen molar-refractivity contribution in [1.82, 2.24) is 0 Å². The van der Waals surface area contributed by atoms with E-state index in [-0.39, 0.29) is 18.9 Å². The monoisotopic (exact) mass is 263 g/mol. The van der Waals surface area contributed by atoms with Crippen molar-refractivity contribution < 1.29 is 19.4 Å². The second-order valence-electron chi connectivity index (χ2n) is 4.47. The van der Waals surface area contributed by atoms with Crippen molar-refractivity contribution in [2.24, 2.45) is 0 Å². The number of carboxylic acid groups (broad SMARTS) is 1. The number of rotatable bonds is 5. The van der Waals surface area contributed by atoms with Crippen LogP contribution in [0, 0.1) is 0 Å². The molecular weight excluding hydrogens is 246 g/mol. The highest BCUT2D eigenvalue weighted by Crippen LogP contribution is 2.20. The zero-order valence-corrected chi connectivity index (χ0v) is 10.6. The highest BCUT2D eigenvalue weighted by Gasteiger charge is 2.29. The van der Waals surface area contributed by atoms with Gasteiger partial charge in [0.05, 0.1) is 6.42 Å². The van der Waals surface area contributed by atoms with Gasteiger partial charge in [-0.2, -0.15) is 0 Å². The summed E-state index contributed by atoms with van der Waals surface area (Å²) in [6, 6.07) is 9.11. The summed E-state index contributed by atoms with van der Waals surface area (Å²) in [6.07, 6.45) is 1.06. The Hall–Kier alpha value is -1.88. The molecule has 5 nitrogen and oxygen atoms in total. The number of ether oxygens (including phenoxy) is 1. The van der Waals surface area contributed by atoms with Crippen LogP contribution in [0.3, 0.4) is 0 Å². The molecule has 1 aromatic carbocycles. The summed E-state index contributed by atoms with van der Waals surface area (Å²) in [5.74, 6) is -1.06. The number of hydrogen-bond donors (Lipinski definition) is 1. The Morgan fingerprint density at radius 3 is 2.63 bits per heavy atom. The largest absolute Gasteiger partial charge is 0.481 e. The van der Waals surface area contributed by atoms with Crippen LogP contribution in [0.2, 0.25) is 0 Å². The molecule has 0 saturated carbocycles. The molecule has 0 aliphatic carbocycles. The van der Waals surface area contributed by atoms with Crippen molar-refractivity contribution in [3.05, 3.63) is 30.3 Å². The molecule has 1 aliphatic rings. The molecule has 1 heterocycles. The lowest BCUT2D eigenvalue weighted by Crippen LogP contribution is -2.40. The highest BCUT2D eigenvalue weighted by atomic mass is 16.5. The summed E-state index contributed by atoms with van der Waals surface area (Å²) >= 11 is 0. The summed E-state index contributed by atoms with van der Waals surface area (Å²) in [5.41, 5.74) is 0.712. The van der Waals surface area contributed by atoms with Gasteiger partial charge < -0.3 is 14.7 Å². The molecule has 102 valence electrons. The first kappa shape index (κ1) is 13.5. The van der Waals surface area contributed by atoms with Gasteiger partial charge in [-0.3, -0.25) is 9.59 Å². The summed E-state index contributed by atoms with van der Waals surface area (Å²) in [7, 11) is 0. The Morgan fingerprint density at radius 2 is 2.05 bits per heavy atom. The Kier molecular flexibility index (Phi) is 4.52. The van der Waals surface area contributed by atoms with Crippen molar-refractivity contribution in [3.8, 4) is 0 Å². The average molecular weight is 263 g/mol. The van der Waals surface area contributed by atoms with E-state index < -0.39 is 12.1 Å². The van der Waals surface area contributed by atoms with E-state index in [0.29, 0.717) is 18.7 Å². The quantitative estimate of drug-likeness (QED) is 0.877. The lowest BCUT2D eigenvalue weighted by atomic mass is 10.2.